The second-order valence-electron chi connectivity index (χ2n) is 6.54. The molecule has 0 saturated heterocycles. The highest BCUT2D eigenvalue weighted by atomic mass is 127. The van der Waals surface area contributed by atoms with Gasteiger partial charge in [-0.3, -0.25) is 19.2 Å². The normalized spacial score (nSPS) is 10.5. The first-order valence-corrected chi connectivity index (χ1v) is 12.4. The Kier molecular flexibility index (Phi) is 11.8. The second kappa shape index (κ2) is 13.0. The SMILES string of the molecule is CCN(CC(=O)O)C(=O)c1c(I)c(NCCC(C)=O)c(I)c(NCCC(C)=O)c1I. The number of carbonyl (C=O) groups excluding carboxylic acids is 3. The number of hydrogen-bond acceptors (Lipinski definition) is 6. The molecular formula is C19H24I3N3O5. The molecule has 0 radical (unpaired) electrons. The van der Waals surface area contributed by atoms with Gasteiger partial charge in [0.25, 0.3) is 5.91 Å². The minimum atomic E-state index is -1.08. The number of anilines is 2. The zero-order valence-electron chi connectivity index (χ0n) is 16.9. The number of nitrogens with one attached hydrogen (secondary N) is 2. The average molecular weight is 755 g/mol. The summed E-state index contributed by atoms with van der Waals surface area (Å²) in [7, 11) is 0. The molecule has 3 N–H and O–H groups in total. The summed E-state index contributed by atoms with van der Waals surface area (Å²) < 4.78 is 2.16. The molecule has 1 rings (SSSR count). The minimum absolute atomic E-state index is 0.0488. The lowest BCUT2D eigenvalue weighted by Crippen LogP contribution is -2.36. The van der Waals surface area contributed by atoms with Crippen molar-refractivity contribution >= 4 is 103 Å². The van der Waals surface area contributed by atoms with Gasteiger partial charge < -0.3 is 20.6 Å². The maximum absolute atomic E-state index is 13.2. The van der Waals surface area contributed by atoms with E-state index in [1.807, 2.05) is 0 Å². The third kappa shape index (κ3) is 7.76. The molecule has 0 aromatic heterocycles. The van der Waals surface area contributed by atoms with Gasteiger partial charge in [-0.2, -0.15) is 0 Å². The fourth-order valence-electron chi connectivity index (χ4n) is 2.54. The third-order valence-corrected chi connectivity index (χ3v) is 7.32. The Balaban J connectivity index is 3.48. The summed E-state index contributed by atoms with van der Waals surface area (Å²) in [5, 5.41) is 15.6. The predicted octanol–water partition coefficient (Wildman–Crippen LogP) is 3.83. The van der Waals surface area contributed by atoms with Gasteiger partial charge in [-0.15, -0.1) is 0 Å². The van der Waals surface area contributed by atoms with Crippen LogP contribution < -0.4 is 10.6 Å². The van der Waals surface area contributed by atoms with Crippen LogP contribution in [0.3, 0.4) is 0 Å². The number of carbonyl (C=O) groups is 4. The van der Waals surface area contributed by atoms with Crippen LogP contribution in [-0.2, 0) is 14.4 Å². The van der Waals surface area contributed by atoms with E-state index in [2.05, 4.69) is 78.4 Å². The van der Waals surface area contributed by atoms with Crippen LogP contribution in [-0.4, -0.2) is 59.6 Å². The van der Waals surface area contributed by atoms with Crippen LogP contribution in [0.5, 0.6) is 0 Å². The molecule has 166 valence electrons. The van der Waals surface area contributed by atoms with Crippen molar-refractivity contribution in [2.45, 2.75) is 33.6 Å². The van der Waals surface area contributed by atoms with Crippen LogP contribution in [0, 0.1) is 10.7 Å². The number of nitrogens with zero attached hydrogens (tertiary/aromatic N) is 1. The Labute approximate surface area is 216 Å². The van der Waals surface area contributed by atoms with E-state index in [4.69, 9.17) is 5.11 Å². The Morgan fingerprint density at radius 3 is 1.63 bits per heavy atom. The van der Waals surface area contributed by atoms with Gasteiger partial charge in [0.2, 0.25) is 0 Å². The van der Waals surface area contributed by atoms with Crippen molar-refractivity contribution in [2.24, 2.45) is 0 Å². The molecule has 0 bridgehead atoms. The van der Waals surface area contributed by atoms with Gasteiger partial charge in [-0.05, 0) is 88.5 Å². The van der Waals surface area contributed by atoms with Crippen molar-refractivity contribution < 1.29 is 24.3 Å². The lowest BCUT2D eigenvalue weighted by molar-refractivity contribution is -0.137. The number of carboxylic acids is 1. The summed E-state index contributed by atoms with van der Waals surface area (Å²) in [6, 6.07) is 0. The number of hydrogen-bond donors (Lipinski definition) is 3. The molecule has 0 aliphatic rings. The van der Waals surface area contributed by atoms with E-state index in [9.17, 15) is 19.2 Å². The van der Waals surface area contributed by atoms with Gasteiger partial charge in [0.05, 0.1) is 27.6 Å². The molecular weight excluding hydrogens is 731 g/mol. The number of carboxylic acid groups (broad SMARTS) is 1. The molecule has 0 spiro atoms. The molecule has 1 aromatic rings. The maximum Gasteiger partial charge on any atom is 0.323 e. The quantitative estimate of drug-likeness (QED) is 0.278. The van der Waals surface area contributed by atoms with E-state index in [-0.39, 0.29) is 24.0 Å². The van der Waals surface area contributed by atoms with E-state index in [0.717, 1.165) is 3.57 Å². The molecule has 0 aliphatic heterocycles. The van der Waals surface area contributed by atoms with E-state index < -0.39 is 12.5 Å². The highest BCUT2D eigenvalue weighted by Gasteiger charge is 2.28. The summed E-state index contributed by atoms with van der Waals surface area (Å²) in [6.07, 6.45) is 0.684. The summed E-state index contributed by atoms with van der Waals surface area (Å²) in [5.74, 6) is -1.37. The summed E-state index contributed by atoms with van der Waals surface area (Å²) in [4.78, 5) is 48.3. The Bertz CT molecular complexity index is 798. The van der Waals surface area contributed by atoms with Gasteiger partial charge in [-0.25, -0.2) is 0 Å². The second-order valence-corrected chi connectivity index (χ2v) is 9.77. The first kappa shape index (κ1) is 27.3. The Hall–Kier alpha value is -0.710. The molecule has 0 saturated carbocycles. The topological polar surface area (TPSA) is 116 Å². The molecule has 0 unspecified atom stereocenters. The van der Waals surface area contributed by atoms with Crippen LogP contribution >= 0.6 is 67.8 Å². The molecule has 11 heteroatoms. The molecule has 8 nitrogen and oxygen atoms in total. The van der Waals surface area contributed by atoms with Crippen LogP contribution in [0.2, 0.25) is 0 Å². The highest BCUT2D eigenvalue weighted by Crippen LogP contribution is 2.39. The zero-order chi connectivity index (χ0) is 23.0. The lowest BCUT2D eigenvalue weighted by atomic mass is 10.1. The van der Waals surface area contributed by atoms with Crippen molar-refractivity contribution in [1.29, 1.82) is 0 Å². The van der Waals surface area contributed by atoms with Crippen LogP contribution in [0.15, 0.2) is 0 Å². The number of aliphatic carboxylic acids is 1. The average Bonchev–Trinajstić information content (AvgIpc) is 2.64. The Morgan fingerprint density at radius 2 is 1.30 bits per heavy atom. The van der Waals surface area contributed by atoms with E-state index in [1.165, 1.54) is 18.7 Å². The number of Topliss-reactive ketones (excluding diaryl/α,β-unsaturated/α-hetero) is 2. The molecule has 0 atom stereocenters. The Morgan fingerprint density at radius 1 is 0.867 bits per heavy atom. The number of amides is 1. The van der Waals surface area contributed by atoms with Crippen molar-refractivity contribution in [1.82, 2.24) is 4.90 Å². The largest absolute Gasteiger partial charge is 0.480 e. The van der Waals surface area contributed by atoms with Gasteiger partial charge >= 0.3 is 5.97 Å². The van der Waals surface area contributed by atoms with E-state index in [1.54, 1.807) is 6.92 Å². The maximum atomic E-state index is 13.2. The number of halogens is 3. The molecule has 1 aromatic carbocycles. The first-order valence-electron chi connectivity index (χ1n) is 9.19. The number of rotatable bonds is 12. The van der Waals surface area contributed by atoms with Crippen molar-refractivity contribution in [3.05, 3.63) is 16.3 Å². The fourth-order valence-corrected chi connectivity index (χ4v) is 6.93. The van der Waals surface area contributed by atoms with Gasteiger partial charge in [0.1, 0.15) is 18.1 Å². The number of benzene rings is 1. The molecule has 1 amide bonds. The van der Waals surface area contributed by atoms with Gasteiger partial charge in [-0.1, -0.05) is 0 Å². The highest BCUT2D eigenvalue weighted by molar-refractivity contribution is 14.1. The van der Waals surface area contributed by atoms with Gasteiger partial charge in [0, 0.05) is 32.5 Å². The van der Waals surface area contributed by atoms with Crippen molar-refractivity contribution in [3.63, 3.8) is 0 Å². The molecule has 0 aliphatic carbocycles. The lowest BCUT2D eigenvalue weighted by Gasteiger charge is -2.24. The van der Waals surface area contributed by atoms with Crippen LogP contribution in [0.4, 0.5) is 11.4 Å². The monoisotopic (exact) mass is 755 g/mol. The smallest absolute Gasteiger partial charge is 0.323 e. The van der Waals surface area contributed by atoms with Crippen molar-refractivity contribution in [2.75, 3.05) is 36.8 Å². The van der Waals surface area contributed by atoms with Gasteiger partial charge in [0.15, 0.2) is 0 Å². The molecule has 30 heavy (non-hydrogen) atoms. The van der Waals surface area contributed by atoms with Crippen LogP contribution in [0.1, 0.15) is 44.0 Å². The molecule has 0 fully saturated rings. The standard InChI is InChI=1S/C19H24I3N3O5/c1-4-25(9-12(28)29)19(30)13-14(20)17(23-7-5-10(2)26)16(22)18(15(13)21)24-8-6-11(3)27/h23-24H,4-9H2,1-3H3,(H,28,29). The van der Waals surface area contributed by atoms with E-state index in [0.29, 0.717) is 50.0 Å². The number of ketones is 2. The van der Waals surface area contributed by atoms with E-state index >= 15 is 0 Å². The zero-order valence-corrected chi connectivity index (χ0v) is 23.4. The van der Waals surface area contributed by atoms with Crippen LogP contribution in [0.25, 0.3) is 0 Å². The summed E-state index contributed by atoms with van der Waals surface area (Å²) in [5.41, 5.74) is 1.81. The summed E-state index contributed by atoms with van der Waals surface area (Å²) >= 11 is 6.33. The fraction of sp³-hybridized carbons (Fsp3) is 0.474. The third-order valence-electron chi connectivity index (χ3n) is 4.08. The predicted molar refractivity (Wildman–Crippen MR) is 141 cm³/mol. The number of likely N-dealkylation sites (N-methyl/N-ethyl adjacent to an activating group) is 1. The first-order chi connectivity index (χ1) is 14.0. The summed E-state index contributed by atoms with van der Waals surface area (Å²) in [6.45, 7) is 5.44. The molecule has 0 heterocycles. The minimum Gasteiger partial charge on any atom is -0.480 e. The van der Waals surface area contributed by atoms with Crippen molar-refractivity contribution in [3.8, 4) is 0 Å².